The van der Waals surface area contributed by atoms with Crippen LogP contribution in [0.3, 0.4) is 0 Å². The van der Waals surface area contributed by atoms with Crippen molar-refractivity contribution >= 4 is 11.7 Å². The summed E-state index contributed by atoms with van der Waals surface area (Å²) in [5.74, 6) is -2.45. The minimum atomic E-state index is -2.66. The van der Waals surface area contributed by atoms with Gasteiger partial charge >= 0.3 is 0 Å². The summed E-state index contributed by atoms with van der Waals surface area (Å²) in [6.45, 7) is 0.128. The van der Waals surface area contributed by atoms with Gasteiger partial charge in [-0.25, -0.2) is 8.78 Å². The summed E-state index contributed by atoms with van der Waals surface area (Å²) in [6, 6.07) is 12.4. The molecule has 0 saturated carbocycles. The average Bonchev–Trinajstić information content (AvgIpc) is 2.77. The molecule has 1 aliphatic rings. The molecule has 0 aromatic heterocycles. The van der Waals surface area contributed by atoms with Gasteiger partial charge in [-0.1, -0.05) is 30.3 Å². The first kappa shape index (κ1) is 14.4. The molecule has 0 spiro atoms. The van der Waals surface area contributed by atoms with Gasteiger partial charge in [-0.2, -0.15) is 0 Å². The number of hydrogen-bond acceptors (Lipinski definition) is 2. The monoisotopic (exact) mass is 301 g/mol. The Bertz CT molecular complexity index is 746. The highest BCUT2D eigenvalue weighted by Gasteiger charge is 2.52. The van der Waals surface area contributed by atoms with E-state index in [9.17, 15) is 18.4 Å². The Kier molecular flexibility index (Phi) is 3.48. The van der Waals surface area contributed by atoms with Gasteiger partial charge in [-0.15, -0.1) is 0 Å². The number of Topliss-reactive ketones (excluding diaryl/α,β-unsaturated/α-hetero) is 1. The third-order valence-electron chi connectivity index (χ3n) is 3.76. The zero-order chi connectivity index (χ0) is 15.7. The first-order valence-corrected chi connectivity index (χ1v) is 6.85. The predicted octanol–water partition coefficient (Wildman–Crippen LogP) is 2.59. The van der Waals surface area contributed by atoms with Crippen LogP contribution in [0.2, 0.25) is 0 Å². The van der Waals surface area contributed by atoms with Crippen molar-refractivity contribution in [1.29, 1.82) is 0 Å². The van der Waals surface area contributed by atoms with E-state index in [1.165, 1.54) is 6.07 Å². The van der Waals surface area contributed by atoms with Crippen LogP contribution >= 0.6 is 0 Å². The molecule has 1 atom stereocenters. The van der Waals surface area contributed by atoms with Gasteiger partial charge in [-0.05, 0) is 29.3 Å². The lowest BCUT2D eigenvalue weighted by Gasteiger charge is -2.17. The highest BCUT2D eigenvalue weighted by molar-refractivity contribution is 6.20. The predicted molar refractivity (Wildman–Crippen MR) is 76.6 cm³/mol. The second-order valence-corrected chi connectivity index (χ2v) is 5.28. The van der Waals surface area contributed by atoms with E-state index in [0.29, 0.717) is 0 Å². The Balaban J connectivity index is 1.77. The Morgan fingerprint density at radius 3 is 2.64 bits per heavy atom. The maximum Gasteiger partial charge on any atom is 0.266 e. The first-order valence-electron chi connectivity index (χ1n) is 6.85. The molecule has 0 radical (unpaired) electrons. The number of nitrogens with one attached hydrogen (secondary N) is 1. The molecule has 0 saturated heterocycles. The van der Waals surface area contributed by atoms with Gasteiger partial charge < -0.3 is 5.32 Å². The number of ketones is 1. The summed E-state index contributed by atoms with van der Waals surface area (Å²) in [4.78, 5) is 24.2. The van der Waals surface area contributed by atoms with Crippen molar-refractivity contribution in [3.8, 4) is 0 Å². The van der Waals surface area contributed by atoms with E-state index in [-0.39, 0.29) is 17.7 Å². The van der Waals surface area contributed by atoms with Crippen molar-refractivity contribution in [1.82, 2.24) is 5.32 Å². The SMILES string of the molecule is O=C(NCc1ccccc1)[C@]1(F)Cc2cc(F)ccc2C1=O. The maximum absolute atomic E-state index is 14.8. The van der Waals surface area contributed by atoms with Crippen molar-refractivity contribution in [3.63, 3.8) is 0 Å². The number of rotatable bonds is 3. The maximum atomic E-state index is 14.8. The van der Waals surface area contributed by atoms with Gasteiger partial charge in [0, 0.05) is 18.5 Å². The van der Waals surface area contributed by atoms with E-state index in [2.05, 4.69) is 5.32 Å². The summed E-state index contributed by atoms with van der Waals surface area (Å²) < 4.78 is 28.0. The summed E-state index contributed by atoms with van der Waals surface area (Å²) in [6.07, 6.45) is -0.431. The van der Waals surface area contributed by atoms with E-state index in [0.717, 1.165) is 17.7 Å². The normalized spacial score (nSPS) is 19.8. The molecule has 3 nitrogen and oxygen atoms in total. The second-order valence-electron chi connectivity index (χ2n) is 5.28. The quantitative estimate of drug-likeness (QED) is 0.886. The van der Waals surface area contributed by atoms with Crippen molar-refractivity contribution in [2.45, 2.75) is 18.6 Å². The Hall–Kier alpha value is -2.56. The Morgan fingerprint density at radius 1 is 1.18 bits per heavy atom. The van der Waals surface area contributed by atoms with Crippen LogP contribution in [0, 0.1) is 5.82 Å². The molecule has 1 amide bonds. The fourth-order valence-electron chi connectivity index (χ4n) is 2.59. The smallest absolute Gasteiger partial charge is 0.266 e. The lowest BCUT2D eigenvalue weighted by atomic mass is 10.00. The van der Waals surface area contributed by atoms with Gasteiger partial charge in [0.05, 0.1) is 0 Å². The number of halogens is 2. The van der Waals surface area contributed by atoms with Gasteiger partial charge in [0.15, 0.2) is 0 Å². The molecule has 112 valence electrons. The molecule has 1 aliphatic carbocycles. The van der Waals surface area contributed by atoms with Crippen LogP contribution in [-0.2, 0) is 17.8 Å². The standard InChI is InChI=1S/C17H13F2NO2/c18-13-6-7-14-12(8-13)9-17(19,15(14)21)16(22)20-10-11-4-2-1-3-5-11/h1-8H,9-10H2,(H,20,22)/t17-/m0/s1. The largest absolute Gasteiger partial charge is 0.349 e. The minimum absolute atomic E-state index is 0.0683. The zero-order valence-electron chi connectivity index (χ0n) is 11.6. The van der Waals surface area contributed by atoms with Crippen molar-refractivity contribution in [2.75, 3.05) is 0 Å². The van der Waals surface area contributed by atoms with Crippen LogP contribution in [0.5, 0.6) is 0 Å². The fraction of sp³-hybridized carbons (Fsp3) is 0.176. The van der Waals surface area contributed by atoms with Gasteiger partial charge in [0.2, 0.25) is 5.78 Å². The average molecular weight is 301 g/mol. The lowest BCUT2D eigenvalue weighted by molar-refractivity contribution is -0.129. The van der Waals surface area contributed by atoms with Crippen molar-refractivity contribution in [2.24, 2.45) is 0 Å². The molecule has 22 heavy (non-hydrogen) atoms. The minimum Gasteiger partial charge on any atom is -0.349 e. The highest BCUT2D eigenvalue weighted by atomic mass is 19.1. The Labute approximate surface area is 126 Å². The number of carbonyl (C=O) groups excluding carboxylic acids is 2. The first-order chi connectivity index (χ1) is 10.5. The lowest BCUT2D eigenvalue weighted by Crippen LogP contribution is -2.47. The van der Waals surface area contributed by atoms with E-state index >= 15 is 0 Å². The molecule has 3 rings (SSSR count). The molecule has 2 aromatic rings. The van der Waals surface area contributed by atoms with Crippen LogP contribution in [0.4, 0.5) is 8.78 Å². The number of carbonyl (C=O) groups is 2. The van der Waals surface area contributed by atoms with Crippen LogP contribution < -0.4 is 5.32 Å². The van der Waals surface area contributed by atoms with Crippen molar-refractivity contribution < 1.29 is 18.4 Å². The molecular formula is C17H13F2NO2. The molecule has 0 aliphatic heterocycles. The van der Waals surface area contributed by atoms with E-state index < -0.39 is 29.6 Å². The Morgan fingerprint density at radius 2 is 1.91 bits per heavy atom. The number of benzene rings is 2. The summed E-state index contributed by atoms with van der Waals surface area (Å²) in [5.41, 5.74) is -1.57. The summed E-state index contributed by atoms with van der Waals surface area (Å²) in [5, 5.41) is 2.43. The third-order valence-corrected chi connectivity index (χ3v) is 3.76. The van der Waals surface area contributed by atoms with Crippen LogP contribution in [0.15, 0.2) is 48.5 Å². The number of alkyl halides is 1. The molecule has 2 aromatic carbocycles. The topological polar surface area (TPSA) is 46.2 Å². The number of fused-ring (bicyclic) bond motifs is 1. The van der Waals surface area contributed by atoms with Crippen LogP contribution in [-0.4, -0.2) is 17.4 Å². The van der Waals surface area contributed by atoms with Gasteiger partial charge in [0.1, 0.15) is 5.82 Å². The second kappa shape index (κ2) is 5.33. The number of amides is 1. The molecule has 0 fully saturated rings. The fourth-order valence-corrected chi connectivity index (χ4v) is 2.59. The molecule has 1 N–H and O–H groups in total. The van der Waals surface area contributed by atoms with Gasteiger partial charge in [0.25, 0.3) is 11.6 Å². The highest BCUT2D eigenvalue weighted by Crippen LogP contribution is 2.34. The van der Waals surface area contributed by atoms with Crippen LogP contribution in [0.25, 0.3) is 0 Å². The molecule has 0 bridgehead atoms. The van der Waals surface area contributed by atoms with E-state index in [1.54, 1.807) is 24.3 Å². The molecule has 0 heterocycles. The zero-order valence-corrected chi connectivity index (χ0v) is 11.6. The summed E-state index contributed by atoms with van der Waals surface area (Å²) >= 11 is 0. The molecular weight excluding hydrogens is 288 g/mol. The van der Waals surface area contributed by atoms with E-state index in [1.807, 2.05) is 6.07 Å². The number of hydrogen-bond donors (Lipinski definition) is 1. The van der Waals surface area contributed by atoms with Crippen molar-refractivity contribution in [3.05, 3.63) is 71.0 Å². The third kappa shape index (κ3) is 2.39. The van der Waals surface area contributed by atoms with Crippen LogP contribution in [0.1, 0.15) is 21.5 Å². The molecule has 5 heteroatoms. The molecule has 0 unspecified atom stereocenters. The summed E-state index contributed by atoms with van der Waals surface area (Å²) in [7, 11) is 0. The van der Waals surface area contributed by atoms with E-state index in [4.69, 9.17) is 0 Å². The van der Waals surface area contributed by atoms with Gasteiger partial charge in [-0.3, -0.25) is 9.59 Å².